The molecular formula is C11H13N3O2. The van der Waals surface area contributed by atoms with Crippen LogP contribution in [0.1, 0.15) is 6.92 Å². The van der Waals surface area contributed by atoms with Gasteiger partial charge in [0, 0.05) is 5.69 Å². The van der Waals surface area contributed by atoms with Crippen LogP contribution in [0.5, 0.6) is 5.75 Å². The van der Waals surface area contributed by atoms with Crippen molar-refractivity contribution in [3.63, 3.8) is 0 Å². The van der Waals surface area contributed by atoms with Crippen molar-refractivity contribution in [2.75, 3.05) is 18.5 Å². The van der Waals surface area contributed by atoms with Crippen LogP contribution >= 0.6 is 0 Å². The molecule has 0 saturated carbocycles. The molecule has 1 aromatic carbocycles. The molecule has 2 amide bonds. The van der Waals surface area contributed by atoms with Gasteiger partial charge in [-0.3, -0.25) is 0 Å². The van der Waals surface area contributed by atoms with Crippen LogP contribution in [0.4, 0.5) is 10.5 Å². The molecule has 0 fully saturated rings. The van der Waals surface area contributed by atoms with Crippen LogP contribution in [-0.2, 0) is 0 Å². The van der Waals surface area contributed by atoms with Crippen molar-refractivity contribution < 1.29 is 9.53 Å². The molecule has 0 aliphatic heterocycles. The van der Waals surface area contributed by atoms with Crippen LogP contribution in [0.25, 0.3) is 0 Å². The van der Waals surface area contributed by atoms with Crippen LogP contribution in [0.15, 0.2) is 24.3 Å². The number of nitrogens with one attached hydrogen (secondary N) is 2. The summed E-state index contributed by atoms with van der Waals surface area (Å²) in [5, 5.41) is 13.2. The van der Waals surface area contributed by atoms with E-state index in [-0.39, 0.29) is 6.54 Å². The maximum atomic E-state index is 11.2. The highest BCUT2D eigenvalue weighted by Gasteiger charge is 2.00. The Labute approximate surface area is 94.0 Å². The van der Waals surface area contributed by atoms with Gasteiger partial charge < -0.3 is 15.4 Å². The van der Waals surface area contributed by atoms with Gasteiger partial charge in [0.05, 0.1) is 12.7 Å². The summed E-state index contributed by atoms with van der Waals surface area (Å²) in [5.74, 6) is 0.755. The van der Waals surface area contributed by atoms with Gasteiger partial charge in [-0.05, 0) is 31.2 Å². The number of carbonyl (C=O) groups excluding carboxylic acids is 1. The van der Waals surface area contributed by atoms with Crippen LogP contribution in [0.2, 0.25) is 0 Å². The number of amides is 2. The van der Waals surface area contributed by atoms with Gasteiger partial charge in [-0.15, -0.1) is 0 Å². The minimum Gasteiger partial charge on any atom is -0.494 e. The first-order valence-electron chi connectivity index (χ1n) is 4.91. The number of anilines is 1. The van der Waals surface area contributed by atoms with E-state index >= 15 is 0 Å². The first-order chi connectivity index (χ1) is 7.76. The van der Waals surface area contributed by atoms with Gasteiger partial charge in [-0.1, -0.05) is 0 Å². The molecule has 0 radical (unpaired) electrons. The minimum absolute atomic E-state index is 0.0110. The number of benzene rings is 1. The molecule has 0 heterocycles. The van der Waals surface area contributed by atoms with E-state index in [0.717, 1.165) is 5.75 Å². The van der Waals surface area contributed by atoms with Crippen molar-refractivity contribution in [1.29, 1.82) is 5.26 Å². The van der Waals surface area contributed by atoms with Crippen molar-refractivity contribution in [2.45, 2.75) is 6.92 Å². The van der Waals surface area contributed by atoms with Crippen LogP contribution in [0.3, 0.4) is 0 Å². The Balaban J connectivity index is 2.49. The number of hydrogen-bond donors (Lipinski definition) is 2. The predicted octanol–water partition coefficient (Wildman–Crippen LogP) is 1.73. The van der Waals surface area contributed by atoms with E-state index in [2.05, 4.69) is 10.6 Å². The average molecular weight is 219 g/mol. The largest absolute Gasteiger partial charge is 0.494 e. The second kappa shape index (κ2) is 6.30. The zero-order valence-corrected chi connectivity index (χ0v) is 8.99. The molecule has 16 heavy (non-hydrogen) atoms. The van der Waals surface area contributed by atoms with Gasteiger partial charge in [0.2, 0.25) is 0 Å². The fourth-order valence-electron chi connectivity index (χ4n) is 1.10. The Bertz CT molecular complexity index is 381. The summed E-state index contributed by atoms with van der Waals surface area (Å²) in [5.41, 5.74) is 0.652. The van der Waals surface area contributed by atoms with Gasteiger partial charge in [0.1, 0.15) is 12.3 Å². The molecule has 2 N–H and O–H groups in total. The summed E-state index contributed by atoms with van der Waals surface area (Å²) in [6.45, 7) is 2.50. The molecule has 5 heteroatoms. The number of rotatable bonds is 4. The number of nitriles is 1. The van der Waals surface area contributed by atoms with Crippen molar-refractivity contribution >= 4 is 11.7 Å². The fraction of sp³-hybridized carbons (Fsp3) is 0.273. The van der Waals surface area contributed by atoms with E-state index in [1.54, 1.807) is 24.3 Å². The molecular weight excluding hydrogens is 206 g/mol. The topological polar surface area (TPSA) is 74.2 Å². The molecule has 5 nitrogen and oxygen atoms in total. The highest BCUT2D eigenvalue weighted by Crippen LogP contribution is 2.15. The molecule has 1 rings (SSSR count). The zero-order chi connectivity index (χ0) is 11.8. The van der Waals surface area contributed by atoms with Gasteiger partial charge in [-0.2, -0.15) is 5.26 Å². The van der Waals surface area contributed by atoms with Crippen LogP contribution in [0, 0.1) is 11.3 Å². The first kappa shape index (κ1) is 11.9. The minimum atomic E-state index is -0.397. The normalized spacial score (nSPS) is 9.00. The summed E-state index contributed by atoms with van der Waals surface area (Å²) in [4.78, 5) is 11.2. The maximum Gasteiger partial charge on any atom is 0.320 e. The van der Waals surface area contributed by atoms with E-state index in [1.807, 2.05) is 13.0 Å². The lowest BCUT2D eigenvalue weighted by atomic mass is 10.3. The zero-order valence-electron chi connectivity index (χ0n) is 8.99. The van der Waals surface area contributed by atoms with E-state index in [9.17, 15) is 4.79 Å². The lowest BCUT2D eigenvalue weighted by molar-refractivity contribution is 0.253. The molecule has 0 unspecified atom stereocenters. The van der Waals surface area contributed by atoms with Gasteiger partial charge >= 0.3 is 6.03 Å². The summed E-state index contributed by atoms with van der Waals surface area (Å²) in [6.07, 6.45) is 0. The monoisotopic (exact) mass is 219 g/mol. The Morgan fingerprint density at radius 1 is 1.44 bits per heavy atom. The lowest BCUT2D eigenvalue weighted by Crippen LogP contribution is -2.28. The highest BCUT2D eigenvalue weighted by atomic mass is 16.5. The molecule has 84 valence electrons. The van der Waals surface area contributed by atoms with Gasteiger partial charge in [-0.25, -0.2) is 4.79 Å². The summed E-state index contributed by atoms with van der Waals surface area (Å²) < 4.78 is 5.26. The average Bonchev–Trinajstić information content (AvgIpc) is 2.29. The number of carbonyl (C=O) groups is 1. The molecule has 0 aliphatic rings. The summed E-state index contributed by atoms with van der Waals surface area (Å²) in [6, 6.07) is 8.42. The second-order valence-corrected chi connectivity index (χ2v) is 2.92. The quantitative estimate of drug-likeness (QED) is 0.757. The third-order valence-corrected chi connectivity index (χ3v) is 1.75. The first-order valence-corrected chi connectivity index (χ1v) is 4.91. The van der Waals surface area contributed by atoms with Crippen molar-refractivity contribution in [2.24, 2.45) is 0 Å². The highest BCUT2D eigenvalue weighted by molar-refractivity contribution is 5.89. The van der Waals surface area contributed by atoms with Gasteiger partial charge in [0.15, 0.2) is 0 Å². The lowest BCUT2D eigenvalue weighted by Gasteiger charge is -2.06. The molecule has 0 atom stereocenters. The van der Waals surface area contributed by atoms with Crippen molar-refractivity contribution in [3.8, 4) is 11.8 Å². The number of ether oxygens (including phenoxy) is 1. The number of urea groups is 1. The predicted molar refractivity (Wildman–Crippen MR) is 60.2 cm³/mol. The smallest absolute Gasteiger partial charge is 0.320 e. The third kappa shape index (κ3) is 3.88. The van der Waals surface area contributed by atoms with Crippen molar-refractivity contribution in [3.05, 3.63) is 24.3 Å². The Kier molecular flexibility index (Phi) is 4.67. The maximum absolute atomic E-state index is 11.2. The molecule has 0 spiro atoms. The Morgan fingerprint density at radius 3 is 2.69 bits per heavy atom. The molecule has 0 bridgehead atoms. The van der Waals surface area contributed by atoms with Crippen LogP contribution in [-0.4, -0.2) is 19.2 Å². The van der Waals surface area contributed by atoms with E-state index in [1.165, 1.54) is 0 Å². The van der Waals surface area contributed by atoms with E-state index < -0.39 is 6.03 Å². The SMILES string of the molecule is CCOc1ccc(NC(=O)NCC#N)cc1. The Morgan fingerprint density at radius 2 is 2.12 bits per heavy atom. The van der Waals surface area contributed by atoms with E-state index in [4.69, 9.17) is 10.00 Å². The molecule has 1 aromatic rings. The second-order valence-electron chi connectivity index (χ2n) is 2.92. The summed E-state index contributed by atoms with van der Waals surface area (Å²) >= 11 is 0. The number of hydrogen-bond acceptors (Lipinski definition) is 3. The van der Waals surface area contributed by atoms with Crippen LogP contribution < -0.4 is 15.4 Å². The third-order valence-electron chi connectivity index (χ3n) is 1.75. The van der Waals surface area contributed by atoms with E-state index in [0.29, 0.717) is 12.3 Å². The Hall–Kier alpha value is -2.22. The molecule has 0 aliphatic carbocycles. The molecule has 0 aromatic heterocycles. The standard InChI is InChI=1S/C11H13N3O2/c1-2-16-10-5-3-9(4-6-10)14-11(15)13-8-7-12/h3-6H,2,8H2,1H3,(H2,13,14,15). The molecule has 0 saturated heterocycles. The fourth-order valence-corrected chi connectivity index (χ4v) is 1.10. The van der Waals surface area contributed by atoms with Crippen molar-refractivity contribution in [1.82, 2.24) is 5.32 Å². The summed E-state index contributed by atoms with van der Waals surface area (Å²) in [7, 11) is 0. The van der Waals surface area contributed by atoms with Gasteiger partial charge in [0.25, 0.3) is 0 Å². The number of nitrogens with zero attached hydrogens (tertiary/aromatic N) is 1.